The van der Waals surface area contributed by atoms with E-state index >= 15 is 0 Å². The van der Waals surface area contributed by atoms with Crippen molar-refractivity contribution >= 4 is 5.97 Å². The van der Waals surface area contributed by atoms with Crippen LogP contribution in [0.4, 0.5) is 0 Å². The summed E-state index contributed by atoms with van der Waals surface area (Å²) in [5.41, 5.74) is -1.05. The first-order valence-corrected chi connectivity index (χ1v) is 8.23. The van der Waals surface area contributed by atoms with Crippen molar-refractivity contribution in [3.05, 3.63) is 12.2 Å². The molecule has 132 valence electrons. The molecule has 0 spiro atoms. The van der Waals surface area contributed by atoms with Crippen molar-refractivity contribution in [3.63, 3.8) is 0 Å². The first kappa shape index (κ1) is 18.4. The highest BCUT2D eigenvalue weighted by atomic mass is 16.5. The molecule has 0 heterocycles. The van der Waals surface area contributed by atoms with Gasteiger partial charge >= 0.3 is 5.97 Å². The summed E-state index contributed by atoms with van der Waals surface area (Å²) in [6, 6.07) is 0. The number of aliphatic hydroxyl groups is 4. The van der Waals surface area contributed by atoms with Crippen molar-refractivity contribution in [3.8, 4) is 0 Å². The molecule has 6 atom stereocenters. The highest BCUT2D eigenvalue weighted by molar-refractivity contribution is 5.66. The minimum atomic E-state index is -1.72. The summed E-state index contributed by atoms with van der Waals surface area (Å²) in [5.74, 6) is -0.889. The molecule has 23 heavy (non-hydrogen) atoms. The lowest BCUT2D eigenvalue weighted by molar-refractivity contribution is -0.167. The standard InChI is InChI=1S/C17H28O6/c1-9-6-14(23-11(3)20)10(2)15-12(9)4-5-13(16(15)21)17(22,7-18)8-19/h9,12-16,18-19,21-22H,2,4-8H2,1,3H3/t9-,12?,13?,14?,15?,16-/m0/s1. The Labute approximate surface area is 136 Å². The van der Waals surface area contributed by atoms with Crippen LogP contribution in [-0.4, -0.2) is 57.4 Å². The van der Waals surface area contributed by atoms with Gasteiger partial charge in [0.2, 0.25) is 0 Å². The maximum absolute atomic E-state index is 11.3. The van der Waals surface area contributed by atoms with Crippen LogP contribution >= 0.6 is 0 Å². The SMILES string of the molecule is C=C1C(OC(C)=O)C[C@H](C)C2CCC(C(O)(CO)CO)[C@H](O)C12. The number of hydrogen-bond acceptors (Lipinski definition) is 6. The lowest BCUT2D eigenvalue weighted by atomic mass is 9.57. The van der Waals surface area contributed by atoms with E-state index in [0.717, 1.165) is 6.42 Å². The number of aliphatic hydroxyl groups excluding tert-OH is 3. The van der Waals surface area contributed by atoms with Gasteiger partial charge in [-0.1, -0.05) is 13.5 Å². The molecule has 2 saturated carbocycles. The second kappa shape index (κ2) is 6.89. The largest absolute Gasteiger partial charge is 0.458 e. The molecule has 2 rings (SSSR count). The second-order valence-corrected chi connectivity index (χ2v) is 7.17. The van der Waals surface area contributed by atoms with Crippen molar-refractivity contribution in [2.24, 2.45) is 23.7 Å². The molecule has 4 unspecified atom stereocenters. The summed E-state index contributed by atoms with van der Waals surface area (Å²) in [7, 11) is 0. The van der Waals surface area contributed by atoms with Gasteiger partial charge in [-0.05, 0) is 36.7 Å². The zero-order valence-corrected chi connectivity index (χ0v) is 13.8. The molecule has 0 radical (unpaired) electrons. The molecule has 0 aromatic heterocycles. The van der Waals surface area contributed by atoms with Gasteiger partial charge in [0.1, 0.15) is 11.7 Å². The summed E-state index contributed by atoms with van der Waals surface area (Å²) in [6.07, 6.45) is 0.596. The van der Waals surface area contributed by atoms with Crippen molar-refractivity contribution in [1.29, 1.82) is 0 Å². The first-order chi connectivity index (χ1) is 10.7. The van der Waals surface area contributed by atoms with E-state index in [2.05, 4.69) is 13.5 Å². The minimum Gasteiger partial charge on any atom is -0.458 e. The summed E-state index contributed by atoms with van der Waals surface area (Å²) >= 11 is 0. The fourth-order valence-corrected chi connectivity index (χ4v) is 4.43. The zero-order chi connectivity index (χ0) is 17.4. The third kappa shape index (κ3) is 3.31. The predicted molar refractivity (Wildman–Crippen MR) is 83.3 cm³/mol. The van der Waals surface area contributed by atoms with Crippen molar-refractivity contribution < 1.29 is 30.0 Å². The molecule has 0 amide bonds. The van der Waals surface area contributed by atoms with E-state index in [-0.39, 0.29) is 23.7 Å². The maximum atomic E-state index is 11.3. The summed E-state index contributed by atoms with van der Waals surface area (Å²) in [6.45, 7) is 6.23. The van der Waals surface area contributed by atoms with Crippen LogP contribution in [0.25, 0.3) is 0 Å². The Hall–Kier alpha value is -0.950. The fraction of sp³-hybridized carbons (Fsp3) is 0.824. The van der Waals surface area contributed by atoms with E-state index in [4.69, 9.17) is 4.74 Å². The van der Waals surface area contributed by atoms with Crippen molar-refractivity contribution in [2.45, 2.75) is 50.9 Å². The van der Waals surface area contributed by atoms with Gasteiger partial charge in [0.25, 0.3) is 0 Å². The average molecular weight is 328 g/mol. The van der Waals surface area contributed by atoms with Gasteiger partial charge in [0.05, 0.1) is 19.3 Å². The highest BCUT2D eigenvalue weighted by Crippen LogP contribution is 2.50. The van der Waals surface area contributed by atoms with Gasteiger partial charge in [-0.15, -0.1) is 0 Å². The smallest absolute Gasteiger partial charge is 0.303 e. The zero-order valence-electron chi connectivity index (χ0n) is 13.8. The fourth-order valence-electron chi connectivity index (χ4n) is 4.43. The van der Waals surface area contributed by atoms with E-state index < -0.39 is 36.9 Å². The van der Waals surface area contributed by atoms with E-state index in [0.29, 0.717) is 18.4 Å². The molecule has 0 aliphatic heterocycles. The third-order valence-corrected chi connectivity index (χ3v) is 5.76. The molecule has 0 saturated heterocycles. The number of carbonyl (C=O) groups excluding carboxylic acids is 1. The number of carbonyl (C=O) groups is 1. The van der Waals surface area contributed by atoms with Crippen LogP contribution in [0, 0.1) is 23.7 Å². The van der Waals surface area contributed by atoms with Gasteiger partial charge in [0.15, 0.2) is 0 Å². The predicted octanol–water partition coefficient (Wildman–Crippen LogP) is 0.233. The van der Waals surface area contributed by atoms with Crippen LogP contribution in [0.3, 0.4) is 0 Å². The van der Waals surface area contributed by atoms with Crippen molar-refractivity contribution in [1.82, 2.24) is 0 Å². The molecule has 0 aromatic carbocycles. The third-order valence-electron chi connectivity index (χ3n) is 5.76. The molecule has 0 bridgehead atoms. The summed E-state index contributed by atoms with van der Waals surface area (Å²) < 4.78 is 5.33. The maximum Gasteiger partial charge on any atom is 0.303 e. The topological polar surface area (TPSA) is 107 Å². The van der Waals surface area contributed by atoms with Gasteiger partial charge in [-0.25, -0.2) is 0 Å². The Morgan fingerprint density at radius 2 is 1.96 bits per heavy atom. The first-order valence-electron chi connectivity index (χ1n) is 8.23. The quantitative estimate of drug-likeness (QED) is 0.435. The van der Waals surface area contributed by atoms with Crippen molar-refractivity contribution in [2.75, 3.05) is 13.2 Å². The van der Waals surface area contributed by atoms with E-state index in [9.17, 15) is 25.2 Å². The van der Waals surface area contributed by atoms with Crippen LogP contribution in [0.2, 0.25) is 0 Å². The minimum absolute atomic E-state index is 0.196. The van der Waals surface area contributed by atoms with Crippen LogP contribution < -0.4 is 0 Å². The molecule has 6 heteroatoms. The summed E-state index contributed by atoms with van der Waals surface area (Å²) in [5, 5.41) is 40.1. The van der Waals surface area contributed by atoms with E-state index in [1.54, 1.807) is 0 Å². The number of hydrogen-bond donors (Lipinski definition) is 4. The lowest BCUT2D eigenvalue weighted by Crippen LogP contribution is -2.57. The second-order valence-electron chi connectivity index (χ2n) is 7.17. The van der Waals surface area contributed by atoms with E-state index in [1.165, 1.54) is 6.92 Å². The van der Waals surface area contributed by atoms with Gasteiger partial charge < -0.3 is 25.2 Å². The summed E-state index contributed by atoms with van der Waals surface area (Å²) in [4.78, 5) is 11.3. The highest BCUT2D eigenvalue weighted by Gasteiger charge is 2.52. The molecule has 4 N–H and O–H groups in total. The number of ether oxygens (including phenoxy) is 1. The molecular formula is C17H28O6. The van der Waals surface area contributed by atoms with Gasteiger partial charge in [-0.3, -0.25) is 4.79 Å². The van der Waals surface area contributed by atoms with Gasteiger partial charge in [0, 0.05) is 18.8 Å². The Morgan fingerprint density at radius 3 is 2.48 bits per heavy atom. The normalized spacial score (nSPS) is 38.1. The van der Waals surface area contributed by atoms with Crippen LogP contribution in [0.15, 0.2) is 12.2 Å². The number of rotatable bonds is 4. The molecule has 2 aliphatic rings. The Balaban J connectivity index is 2.26. The number of fused-ring (bicyclic) bond motifs is 1. The lowest BCUT2D eigenvalue weighted by Gasteiger charge is -2.51. The monoisotopic (exact) mass is 328 g/mol. The number of esters is 1. The Morgan fingerprint density at radius 1 is 1.35 bits per heavy atom. The Kier molecular flexibility index (Phi) is 5.51. The molecule has 0 aromatic rings. The Bertz CT molecular complexity index is 458. The van der Waals surface area contributed by atoms with E-state index in [1.807, 2.05) is 0 Å². The molecule has 6 nitrogen and oxygen atoms in total. The van der Waals surface area contributed by atoms with Crippen LogP contribution in [0.5, 0.6) is 0 Å². The molecular weight excluding hydrogens is 300 g/mol. The van der Waals surface area contributed by atoms with Crippen LogP contribution in [0.1, 0.15) is 33.1 Å². The van der Waals surface area contributed by atoms with Crippen LogP contribution in [-0.2, 0) is 9.53 Å². The molecule has 2 fully saturated rings. The van der Waals surface area contributed by atoms with Gasteiger partial charge in [-0.2, -0.15) is 0 Å². The average Bonchev–Trinajstić information content (AvgIpc) is 2.51. The molecule has 2 aliphatic carbocycles.